The predicted octanol–water partition coefficient (Wildman–Crippen LogP) is 2.05. The van der Waals surface area contributed by atoms with Crippen molar-refractivity contribution in [1.82, 2.24) is 10.3 Å². The summed E-state index contributed by atoms with van der Waals surface area (Å²) in [4.78, 5) is 27.6. The molecule has 2 rings (SSSR count). The number of nitrogens with one attached hydrogen (secondary N) is 1. The lowest BCUT2D eigenvalue weighted by Gasteiger charge is -2.13. The van der Waals surface area contributed by atoms with Crippen molar-refractivity contribution in [2.24, 2.45) is 0 Å². The topological polar surface area (TPSA) is 88.5 Å². The van der Waals surface area contributed by atoms with Gasteiger partial charge in [0.2, 0.25) is 5.91 Å². The van der Waals surface area contributed by atoms with Gasteiger partial charge in [-0.1, -0.05) is 36.4 Å². The van der Waals surface area contributed by atoms with Crippen LogP contribution in [0.15, 0.2) is 48.4 Å². The zero-order valence-electron chi connectivity index (χ0n) is 13.7. The van der Waals surface area contributed by atoms with Gasteiger partial charge in [-0.3, -0.25) is 4.79 Å². The Morgan fingerprint density at radius 3 is 2.80 bits per heavy atom. The Balaban J connectivity index is 1.87. The Kier molecular flexibility index (Phi) is 7.31. The van der Waals surface area contributed by atoms with Crippen LogP contribution < -0.4 is 5.32 Å². The maximum atomic E-state index is 12.0. The predicted molar refractivity (Wildman–Crippen MR) is 95.6 cm³/mol. The quantitative estimate of drug-likeness (QED) is 0.500. The number of rotatable bonds is 10. The highest BCUT2D eigenvalue weighted by Crippen LogP contribution is 2.15. The summed E-state index contributed by atoms with van der Waals surface area (Å²) < 4.78 is 5.10. The van der Waals surface area contributed by atoms with E-state index < -0.39 is 17.9 Å². The average molecular weight is 360 g/mol. The van der Waals surface area contributed by atoms with Gasteiger partial charge in [0.25, 0.3) is 0 Å². The molecule has 0 radical (unpaired) electrons. The molecular weight excluding hydrogens is 340 g/mol. The summed E-state index contributed by atoms with van der Waals surface area (Å²) in [6, 6.07) is 8.85. The van der Waals surface area contributed by atoms with Crippen LogP contribution in [0.4, 0.5) is 0 Å². The third-order valence-electron chi connectivity index (χ3n) is 3.29. The van der Waals surface area contributed by atoms with Gasteiger partial charge in [0.1, 0.15) is 0 Å². The van der Waals surface area contributed by atoms with E-state index in [4.69, 9.17) is 9.84 Å². The van der Waals surface area contributed by atoms with Crippen molar-refractivity contribution in [2.45, 2.75) is 18.9 Å². The molecule has 1 aromatic heterocycles. The van der Waals surface area contributed by atoms with Crippen molar-refractivity contribution >= 4 is 23.2 Å². The molecule has 0 bridgehead atoms. The molecule has 1 atom stereocenters. The molecule has 1 amide bonds. The number of carbonyl (C=O) groups is 2. The summed E-state index contributed by atoms with van der Waals surface area (Å²) in [5.41, 5.74) is 1.78. The van der Waals surface area contributed by atoms with Crippen LogP contribution in [0.3, 0.4) is 0 Å². The van der Waals surface area contributed by atoms with Gasteiger partial charge in [-0.25, -0.2) is 9.78 Å². The maximum Gasteiger partial charge on any atom is 0.328 e. The molecule has 0 aliphatic rings. The van der Waals surface area contributed by atoms with Gasteiger partial charge in [-0.15, -0.1) is 17.9 Å². The summed E-state index contributed by atoms with van der Waals surface area (Å²) in [5.74, 6) is -1.54. The number of benzene rings is 1. The number of thiazole rings is 1. The molecule has 0 spiro atoms. The van der Waals surface area contributed by atoms with Crippen LogP contribution in [-0.2, 0) is 27.2 Å². The maximum absolute atomic E-state index is 12.0. The first-order chi connectivity index (χ1) is 12.1. The van der Waals surface area contributed by atoms with E-state index in [0.29, 0.717) is 12.1 Å². The Hall–Kier alpha value is -2.51. The van der Waals surface area contributed by atoms with E-state index >= 15 is 0 Å². The highest BCUT2D eigenvalue weighted by molar-refractivity contribution is 7.09. The van der Waals surface area contributed by atoms with E-state index in [1.807, 2.05) is 35.7 Å². The molecule has 25 heavy (non-hydrogen) atoms. The number of amides is 1. The molecule has 0 aliphatic carbocycles. The molecule has 0 saturated carbocycles. The van der Waals surface area contributed by atoms with Gasteiger partial charge in [-0.05, 0) is 5.56 Å². The fourth-order valence-corrected chi connectivity index (χ4v) is 2.96. The van der Waals surface area contributed by atoms with Gasteiger partial charge >= 0.3 is 5.97 Å². The van der Waals surface area contributed by atoms with Crippen LogP contribution in [-0.4, -0.2) is 41.2 Å². The molecule has 1 aromatic carbocycles. The minimum absolute atomic E-state index is 0.0382. The zero-order chi connectivity index (χ0) is 18.1. The lowest BCUT2D eigenvalue weighted by molar-refractivity contribution is -0.143. The molecule has 7 heteroatoms. The number of nitrogens with zero attached hydrogens (tertiary/aromatic N) is 1. The van der Waals surface area contributed by atoms with Gasteiger partial charge < -0.3 is 15.2 Å². The van der Waals surface area contributed by atoms with E-state index in [2.05, 4.69) is 16.9 Å². The van der Waals surface area contributed by atoms with Crippen molar-refractivity contribution in [3.63, 3.8) is 0 Å². The van der Waals surface area contributed by atoms with Crippen molar-refractivity contribution in [2.75, 3.05) is 13.2 Å². The summed E-state index contributed by atoms with van der Waals surface area (Å²) in [5, 5.41) is 14.3. The van der Waals surface area contributed by atoms with E-state index in [1.165, 1.54) is 17.4 Å². The zero-order valence-corrected chi connectivity index (χ0v) is 14.5. The number of hydrogen-bond acceptors (Lipinski definition) is 5. The lowest BCUT2D eigenvalue weighted by Crippen LogP contribution is -2.44. The third kappa shape index (κ3) is 6.48. The Morgan fingerprint density at radius 1 is 1.36 bits per heavy atom. The van der Waals surface area contributed by atoms with E-state index in [0.717, 1.165) is 10.6 Å². The fraction of sp³-hybridized carbons (Fsp3) is 0.278. The highest BCUT2D eigenvalue weighted by Gasteiger charge is 2.20. The number of aromatic nitrogens is 1. The summed E-state index contributed by atoms with van der Waals surface area (Å²) >= 11 is 1.49. The molecule has 132 valence electrons. The normalized spacial score (nSPS) is 11.7. The molecule has 2 N–H and O–H groups in total. The highest BCUT2D eigenvalue weighted by atomic mass is 32.1. The SMILES string of the molecule is C=CCOCC(NC(=O)Cc1csc(Cc2ccccc2)n1)C(=O)O. The van der Waals surface area contributed by atoms with Gasteiger partial charge in [0.05, 0.1) is 30.3 Å². The first kappa shape index (κ1) is 18.8. The molecule has 1 unspecified atom stereocenters. The van der Waals surface area contributed by atoms with E-state index in [-0.39, 0.29) is 19.6 Å². The van der Waals surface area contributed by atoms with Gasteiger partial charge in [0.15, 0.2) is 6.04 Å². The first-order valence-electron chi connectivity index (χ1n) is 7.76. The largest absolute Gasteiger partial charge is 0.480 e. The number of carboxylic acids is 1. The standard InChI is InChI=1S/C18H20N2O4S/c1-2-8-24-11-15(18(22)23)20-16(21)10-14-12-25-17(19-14)9-13-6-4-3-5-7-13/h2-7,12,15H,1,8-11H2,(H,20,21)(H,22,23). The Bertz CT molecular complexity index is 715. The summed E-state index contributed by atoms with van der Waals surface area (Å²) in [7, 11) is 0. The summed E-state index contributed by atoms with van der Waals surface area (Å²) in [6.07, 6.45) is 2.26. The van der Waals surface area contributed by atoms with Crippen LogP contribution in [0.5, 0.6) is 0 Å². The molecule has 0 saturated heterocycles. The molecule has 2 aromatic rings. The number of carbonyl (C=O) groups excluding carboxylic acids is 1. The molecular formula is C18H20N2O4S. The van der Waals surface area contributed by atoms with Gasteiger partial charge in [0, 0.05) is 11.8 Å². The van der Waals surface area contributed by atoms with Crippen LogP contribution in [0.2, 0.25) is 0 Å². The fourth-order valence-electron chi connectivity index (χ4n) is 2.14. The van der Waals surface area contributed by atoms with Crippen LogP contribution in [0.25, 0.3) is 0 Å². The van der Waals surface area contributed by atoms with E-state index in [9.17, 15) is 9.59 Å². The van der Waals surface area contributed by atoms with Crippen molar-refractivity contribution < 1.29 is 19.4 Å². The third-order valence-corrected chi connectivity index (χ3v) is 4.19. The number of ether oxygens (including phenoxy) is 1. The number of carboxylic acid groups (broad SMARTS) is 1. The summed E-state index contributed by atoms with van der Waals surface area (Å²) in [6.45, 7) is 3.61. The molecule has 0 fully saturated rings. The smallest absolute Gasteiger partial charge is 0.328 e. The number of aliphatic carboxylic acids is 1. The van der Waals surface area contributed by atoms with Crippen molar-refractivity contribution in [3.05, 3.63) is 64.6 Å². The second kappa shape index (κ2) is 9.71. The minimum Gasteiger partial charge on any atom is -0.480 e. The van der Waals surface area contributed by atoms with Gasteiger partial charge in [-0.2, -0.15) is 0 Å². The van der Waals surface area contributed by atoms with Crippen molar-refractivity contribution in [1.29, 1.82) is 0 Å². The average Bonchev–Trinajstić information content (AvgIpc) is 3.01. The number of hydrogen-bond donors (Lipinski definition) is 2. The lowest BCUT2D eigenvalue weighted by atomic mass is 10.2. The molecule has 0 aliphatic heterocycles. The first-order valence-corrected chi connectivity index (χ1v) is 8.64. The molecule has 6 nitrogen and oxygen atoms in total. The van der Waals surface area contributed by atoms with Crippen LogP contribution in [0, 0.1) is 0 Å². The molecule has 1 heterocycles. The van der Waals surface area contributed by atoms with Crippen LogP contribution in [0.1, 0.15) is 16.3 Å². The second-order valence-corrected chi connectivity index (χ2v) is 6.30. The monoisotopic (exact) mass is 360 g/mol. The van der Waals surface area contributed by atoms with Crippen LogP contribution >= 0.6 is 11.3 Å². The Labute approximate surface area is 150 Å². The van der Waals surface area contributed by atoms with Crippen molar-refractivity contribution in [3.8, 4) is 0 Å². The van der Waals surface area contributed by atoms with E-state index in [1.54, 1.807) is 0 Å². The second-order valence-electron chi connectivity index (χ2n) is 5.36. The minimum atomic E-state index is -1.14. The Morgan fingerprint density at radius 2 is 2.12 bits per heavy atom.